The molecule has 8 heteroatoms. The van der Waals surface area contributed by atoms with Gasteiger partial charge < -0.3 is 4.74 Å². The third-order valence-corrected chi connectivity index (χ3v) is 4.16. The van der Waals surface area contributed by atoms with Gasteiger partial charge >= 0.3 is 5.97 Å². The molecule has 1 rings (SSSR count). The number of nitrogens with zero attached hydrogens (tertiary/aromatic N) is 1. The summed E-state index contributed by atoms with van der Waals surface area (Å²) in [4.78, 5) is 21.9. The molecule has 21 heavy (non-hydrogen) atoms. The first-order chi connectivity index (χ1) is 9.72. The summed E-state index contributed by atoms with van der Waals surface area (Å²) in [5.74, 6) is -0.936. The largest absolute Gasteiger partial charge is 0.465 e. The number of nitro benzene ring substituents is 1. The van der Waals surface area contributed by atoms with E-state index in [1.165, 1.54) is 0 Å². The van der Waals surface area contributed by atoms with Crippen LogP contribution in [0.2, 0.25) is 0 Å². The van der Waals surface area contributed by atoms with Crippen LogP contribution >= 0.6 is 0 Å². The van der Waals surface area contributed by atoms with Crippen LogP contribution in [0.5, 0.6) is 0 Å². The molecule has 0 saturated heterocycles. The number of aryl methyl sites for hydroxylation is 1. The van der Waals surface area contributed by atoms with Gasteiger partial charge in [-0.15, -0.1) is 0 Å². The maximum atomic E-state index is 11.8. The molecular weight excluding hydrogens is 298 g/mol. The highest BCUT2D eigenvalue weighted by Gasteiger charge is 2.26. The third-order valence-electron chi connectivity index (χ3n) is 2.98. The lowest BCUT2D eigenvalue weighted by Gasteiger charge is -2.10. The van der Waals surface area contributed by atoms with Crippen molar-refractivity contribution in [2.24, 2.45) is 0 Å². The lowest BCUT2D eigenvalue weighted by Crippen LogP contribution is -2.11. The first-order valence-electron chi connectivity index (χ1n) is 6.32. The van der Waals surface area contributed by atoms with Crippen molar-refractivity contribution >= 4 is 21.5 Å². The molecule has 0 aliphatic carbocycles. The zero-order chi connectivity index (χ0) is 16.2. The number of esters is 1. The van der Waals surface area contributed by atoms with Gasteiger partial charge in [-0.1, -0.05) is 13.3 Å². The van der Waals surface area contributed by atoms with Crippen molar-refractivity contribution in [1.29, 1.82) is 0 Å². The molecule has 0 aliphatic rings. The van der Waals surface area contributed by atoms with E-state index >= 15 is 0 Å². The number of unbranched alkanes of at least 4 members (excludes halogenated alkanes) is 1. The van der Waals surface area contributed by atoms with Gasteiger partial charge in [0, 0.05) is 12.3 Å². The fourth-order valence-electron chi connectivity index (χ4n) is 1.94. The zero-order valence-corrected chi connectivity index (χ0v) is 12.9. The van der Waals surface area contributed by atoms with E-state index in [-0.39, 0.29) is 10.5 Å². The highest BCUT2D eigenvalue weighted by Crippen LogP contribution is 2.28. The molecule has 0 aliphatic heterocycles. The standard InChI is InChI=1S/C13H17NO6S/c1-4-5-6-9-7-11(14(16)17)10(13(15)20-2)8-12(9)21(3,18)19/h7-8H,4-6H2,1-3H3. The van der Waals surface area contributed by atoms with Gasteiger partial charge in [-0.2, -0.15) is 0 Å². The Kier molecular flexibility index (Phi) is 5.42. The molecule has 0 aromatic heterocycles. The van der Waals surface area contributed by atoms with Crippen LogP contribution < -0.4 is 0 Å². The number of hydrogen-bond donors (Lipinski definition) is 0. The lowest BCUT2D eigenvalue weighted by atomic mass is 10.0. The monoisotopic (exact) mass is 315 g/mol. The maximum absolute atomic E-state index is 11.8. The number of methoxy groups -OCH3 is 1. The van der Waals surface area contributed by atoms with Crippen molar-refractivity contribution in [1.82, 2.24) is 0 Å². The van der Waals surface area contributed by atoms with Crippen molar-refractivity contribution in [3.05, 3.63) is 33.4 Å². The highest BCUT2D eigenvalue weighted by molar-refractivity contribution is 7.90. The fraction of sp³-hybridized carbons (Fsp3) is 0.462. The molecule has 0 spiro atoms. The Hall–Kier alpha value is -1.96. The van der Waals surface area contributed by atoms with Crippen molar-refractivity contribution in [3.63, 3.8) is 0 Å². The zero-order valence-electron chi connectivity index (χ0n) is 12.1. The van der Waals surface area contributed by atoms with Gasteiger partial charge in [0.25, 0.3) is 5.69 Å². The number of rotatable bonds is 6. The quantitative estimate of drug-likeness (QED) is 0.452. The van der Waals surface area contributed by atoms with Crippen LogP contribution in [0.15, 0.2) is 17.0 Å². The fourth-order valence-corrected chi connectivity index (χ4v) is 2.91. The first kappa shape index (κ1) is 17.1. The summed E-state index contributed by atoms with van der Waals surface area (Å²) in [6.07, 6.45) is 2.90. The summed E-state index contributed by atoms with van der Waals surface area (Å²) in [6.45, 7) is 1.93. The number of nitro groups is 1. The maximum Gasteiger partial charge on any atom is 0.344 e. The molecule has 0 bridgehead atoms. The summed E-state index contributed by atoms with van der Waals surface area (Å²) >= 11 is 0. The average Bonchev–Trinajstić information content (AvgIpc) is 2.42. The predicted octanol–water partition coefficient (Wildman–Crippen LogP) is 2.13. The number of carbonyl (C=O) groups is 1. The number of carbonyl (C=O) groups excluding carboxylic acids is 1. The van der Waals surface area contributed by atoms with E-state index in [0.717, 1.165) is 31.9 Å². The van der Waals surface area contributed by atoms with Gasteiger partial charge in [-0.05, 0) is 24.5 Å². The van der Waals surface area contributed by atoms with Crippen LogP contribution in [0, 0.1) is 10.1 Å². The van der Waals surface area contributed by atoms with Gasteiger partial charge in [0.2, 0.25) is 0 Å². The van der Waals surface area contributed by atoms with Crippen LogP contribution in [0.1, 0.15) is 35.7 Å². The number of hydrogen-bond acceptors (Lipinski definition) is 6. The van der Waals surface area contributed by atoms with Crippen LogP contribution in [0.3, 0.4) is 0 Å². The number of benzene rings is 1. The molecule has 7 nitrogen and oxygen atoms in total. The van der Waals surface area contributed by atoms with Gasteiger partial charge in [0.15, 0.2) is 9.84 Å². The SMILES string of the molecule is CCCCc1cc([N+](=O)[O-])c(C(=O)OC)cc1S(C)(=O)=O. The second-order valence-corrected chi connectivity index (χ2v) is 6.59. The Morgan fingerprint density at radius 2 is 2.00 bits per heavy atom. The van der Waals surface area contributed by atoms with E-state index in [0.29, 0.717) is 18.4 Å². The average molecular weight is 315 g/mol. The highest BCUT2D eigenvalue weighted by atomic mass is 32.2. The number of sulfone groups is 1. The molecule has 1 aromatic carbocycles. The van der Waals surface area contributed by atoms with Crippen LogP contribution in [-0.2, 0) is 21.0 Å². The molecule has 0 atom stereocenters. The van der Waals surface area contributed by atoms with Gasteiger partial charge in [0.1, 0.15) is 5.56 Å². The third kappa shape index (κ3) is 4.01. The van der Waals surface area contributed by atoms with Crippen LogP contribution in [0.4, 0.5) is 5.69 Å². The summed E-state index contributed by atoms with van der Waals surface area (Å²) < 4.78 is 28.2. The van der Waals surface area contributed by atoms with E-state index in [1.54, 1.807) is 0 Å². The molecule has 0 heterocycles. The molecule has 1 aromatic rings. The summed E-state index contributed by atoms with van der Waals surface area (Å²) in [6, 6.07) is 2.18. The lowest BCUT2D eigenvalue weighted by molar-refractivity contribution is -0.385. The van der Waals surface area contributed by atoms with E-state index in [9.17, 15) is 23.3 Å². The van der Waals surface area contributed by atoms with Gasteiger partial charge in [0.05, 0.1) is 16.9 Å². The van der Waals surface area contributed by atoms with Crippen molar-refractivity contribution in [3.8, 4) is 0 Å². The Bertz CT molecular complexity index is 665. The molecule has 116 valence electrons. The molecule has 0 saturated carbocycles. The number of ether oxygens (including phenoxy) is 1. The summed E-state index contributed by atoms with van der Waals surface area (Å²) in [5, 5.41) is 11.1. The van der Waals surface area contributed by atoms with E-state index in [2.05, 4.69) is 4.74 Å². The molecule has 0 fully saturated rings. The van der Waals surface area contributed by atoms with E-state index in [4.69, 9.17) is 0 Å². The first-order valence-corrected chi connectivity index (χ1v) is 8.21. The van der Waals surface area contributed by atoms with E-state index < -0.39 is 26.4 Å². The summed E-state index contributed by atoms with van der Waals surface area (Å²) in [7, 11) is -2.52. The van der Waals surface area contributed by atoms with Gasteiger partial charge in [-0.25, -0.2) is 13.2 Å². The second-order valence-electron chi connectivity index (χ2n) is 4.60. The molecule has 0 amide bonds. The normalized spacial score (nSPS) is 11.2. The van der Waals surface area contributed by atoms with Crippen LogP contribution in [-0.4, -0.2) is 32.7 Å². The summed E-state index contributed by atoms with van der Waals surface area (Å²) in [5.41, 5.74) is -0.456. The van der Waals surface area contributed by atoms with Gasteiger partial charge in [-0.3, -0.25) is 10.1 Å². The minimum absolute atomic E-state index is 0.0676. The van der Waals surface area contributed by atoms with Crippen molar-refractivity contribution in [2.75, 3.05) is 13.4 Å². The topological polar surface area (TPSA) is 104 Å². The van der Waals surface area contributed by atoms with Crippen LogP contribution in [0.25, 0.3) is 0 Å². The predicted molar refractivity (Wildman–Crippen MR) is 76.2 cm³/mol. The Morgan fingerprint density at radius 1 is 1.38 bits per heavy atom. The minimum Gasteiger partial charge on any atom is -0.465 e. The van der Waals surface area contributed by atoms with E-state index in [1.807, 2.05) is 6.92 Å². The Morgan fingerprint density at radius 3 is 2.43 bits per heavy atom. The molecule has 0 unspecified atom stereocenters. The molecular formula is C13H17NO6S. The molecule has 0 N–H and O–H groups in total. The second kappa shape index (κ2) is 6.66. The minimum atomic E-state index is -3.60. The van der Waals surface area contributed by atoms with Crippen molar-refractivity contribution in [2.45, 2.75) is 31.1 Å². The molecule has 0 radical (unpaired) electrons. The smallest absolute Gasteiger partial charge is 0.344 e. The Balaban J connectivity index is 3.61. The van der Waals surface area contributed by atoms with Crippen molar-refractivity contribution < 1.29 is 22.9 Å². The Labute approximate surface area is 123 Å².